The maximum atomic E-state index is 5.92. The Balaban J connectivity index is 1.48. The van der Waals surface area contributed by atoms with Gasteiger partial charge in [-0.1, -0.05) is 12.5 Å². The molecule has 0 radical (unpaired) electrons. The number of ether oxygens (including phenoxy) is 1. The quantitative estimate of drug-likeness (QED) is 0.832. The zero-order valence-electron chi connectivity index (χ0n) is 11.4. The highest BCUT2D eigenvalue weighted by Crippen LogP contribution is 2.24. The number of H-pyrrole nitrogens is 1. The number of aromatic amines is 1. The largest absolute Gasteiger partial charge is 0.493 e. The monoisotopic (exact) mass is 258 g/mol. The first-order valence-corrected chi connectivity index (χ1v) is 7.35. The summed E-state index contributed by atoms with van der Waals surface area (Å²) in [6, 6.07) is 8.25. The number of fused-ring (bicyclic) bond motifs is 1. The lowest BCUT2D eigenvalue weighted by molar-refractivity contribution is 0.205. The minimum absolute atomic E-state index is 0.806. The Bertz CT molecular complexity index is 514. The van der Waals surface area contributed by atoms with E-state index >= 15 is 0 Å². The molecule has 0 spiro atoms. The molecule has 0 atom stereocenters. The third-order valence-electron chi connectivity index (χ3n) is 3.88. The maximum absolute atomic E-state index is 5.92. The summed E-state index contributed by atoms with van der Waals surface area (Å²) in [6.07, 6.45) is 7.21. The van der Waals surface area contributed by atoms with Gasteiger partial charge in [-0.05, 0) is 50.6 Å². The number of hydrogen-bond donors (Lipinski definition) is 1. The first-order valence-electron chi connectivity index (χ1n) is 7.35. The summed E-state index contributed by atoms with van der Waals surface area (Å²) < 4.78 is 5.92. The van der Waals surface area contributed by atoms with Crippen LogP contribution in [0, 0.1) is 0 Å². The van der Waals surface area contributed by atoms with Gasteiger partial charge in [-0.15, -0.1) is 0 Å². The van der Waals surface area contributed by atoms with Gasteiger partial charge < -0.3 is 14.6 Å². The second kappa shape index (κ2) is 6.11. The number of nitrogens with one attached hydrogen (secondary N) is 1. The first kappa shape index (κ1) is 12.5. The highest BCUT2D eigenvalue weighted by atomic mass is 16.5. The molecule has 2 aromatic rings. The molecule has 0 bridgehead atoms. The molecule has 1 aliphatic heterocycles. The van der Waals surface area contributed by atoms with Gasteiger partial charge in [-0.25, -0.2) is 0 Å². The van der Waals surface area contributed by atoms with Crippen LogP contribution in [0.15, 0.2) is 30.5 Å². The van der Waals surface area contributed by atoms with Gasteiger partial charge in [0.2, 0.25) is 0 Å². The number of piperidine rings is 1. The average molecular weight is 258 g/mol. The second-order valence-corrected chi connectivity index (χ2v) is 5.30. The van der Waals surface area contributed by atoms with E-state index in [1.54, 1.807) is 0 Å². The predicted octanol–water partition coefficient (Wildman–Crippen LogP) is 3.42. The lowest BCUT2D eigenvalue weighted by atomic mass is 10.1. The summed E-state index contributed by atoms with van der Waals surface area (Å²) in [6.45, 7) is 4.52. The van der Waals surface area contributed by atoms with Gasteiger partial charge in [0.15, 0.2) is 0 Å². The second-order valence-electron chi connectivity index (χ2n) is 5.30. The van der Waals surface area contributed by atoms with Gasteiger partial charge in [0.05, 0.1) is 6.61 Å². The third kappa shape index (κ3) is 3.10. The molecule has 0 amide bonds. The van der Waals surface area contributed by atoms with Gasteiger partial charge in [0.1, 0.15) is 5.75 Å². The molecule has 1 N–H and O–H groups in total. The fraction of sp³-hybridized carbons (Fsp3) is 0.500. The molecule has 0 aliphatic carbocycles. The van der Waals surface area contributed by atoms with Crippen LogP contribution >= 0.6 is 0 Å². The summed E-state index contributed by atoms with van der Waals surface area (Å²) >= 11 is 0. The minimum Gasteiger partial charge on any atom is -0.493 e. The van der Waals surface area contributed by atoms with Crippen LogP contribution in [0.4, 0.5) is 0 Å². The Hall–Kier alpha value is -1.48. The van der Waals surface area contributed by atoms with E-state index < -0.39 is 0 Å². The van der Waals surface area contributed by atoms with Crippen molar-refractivity contribution in [2.75, 3.05) is 26.2 Å². The van der Waals surface area contributed by atoms with E-state index in [9.17, 15) is 0 Å². The van der Waals surface area contributed by atoms with Gasteiger partial charge in [-0.3, -0.25) is 0 Å². The molecule has 1 saturated heterocycles. The van der Waals surface area contributed by atoms with Crippen LogP contribution in [0.2, 0.25) is 0 Å². The molecule has 1 aromatic heterocycles. The van der Waals surface area contributed by atoms with Crippen LogP contribution in [0.5, 0.6) is 5.75 Å². The molecular weight excluding hydrogens is 236 g/mol. The Morgan fingerprint density at radius 1 is 1.11 bits per heavy atom. The smallest absolute Gasteiger partial charge is 0.128 e. The Morgan fingerprint density at radius 3 is 2.89 bits per heavy atom. The van der Waals surface area contributed by atoms with Crippen LogP contribution in [0.1, 0.15) is 25.7 Å². The highest BCUT2D eigenvalue weighted by molar-refractivity contribution is 5.85. The topological polar surface area (TPSA) is 28.3 Å². The molecule has 3 heteroatoms. The van der Waals surface area contributed by atoms with Gasteiger partial charge in [0.25, 0.3) is 0 Å². The van der Waals surface area contributed by atoms with Crippen LogP contribution in [0.3, 0.4) is 0 Å². The van der Waals surface area contributed by atoms with Crippen molar-refractivity contribution in [1.82, 2.24) is 9.88 Å². The third-order valence-corrected chi connectivity index (χ3v) is 3.88. The fourth-order valence-electron chi connectivity index (χ4n) is 2.84. The van der Waals surface area contributed by atoms with E-state index in [2.05, 4.69) is 28.1 Å². The number of nitrogens with zero attached hydrogens (tertiary/aromatic N) is 1. The van der Waals surface area contributed by atoms with E-state index in [0.717, 1.165) is 24.3 Å². The van der Waals surface area contributed by atoms with Crippen molar-refractivity contribution in [3.8, 4) is 5.75 Å². The molecule has 1 fully saturated rings. The van der Waals surface area contributed by atoms with Crippen molar-refractivity contribution in [3.05, 3.63) is 30.5 Å². The molecule has 3 rings (SSSR count). The van der Waals surface area contributed by atoms with Crippen LogP contribution in [-0.4, -0.2) is 36.1 Å². The van der Waals surface area contributed by atoms with Crippen molar-refractivity contribution in [1.29, 1.82) is 0 Å². The van der Waals surface area contributed by atoms with E-state index in [-0.39, 0.29) is 0 Å². The molecule has 1 aromatic carbocycles. The zero-order valence-corrected chi connectivity index (χ0v) is 11.4. The predicted molar refractivity (Wildman–Crippen MR) is 78.7 cm³/mol. The van der Waals surface area contributed by atoms with Crippen molar-refractivity contribution in [2.45, 2.75) is 25.7 Å². The Labute approximate surface area is 114 Å². The molecule has 0 unspecified atom stereocenters. The van der Waals surface area contributed by atoms with Crippen molar-refractivity contribution in [3.63, 3.8) is 0 Å². The molecule has 19 heavy (non-hydrogen) atoms. The summed E-state index contributed by atoms with van der Waals surface area (Å²) in [5.74, 6) is 0.998. The van der Waals surface area contributed by atoms with Crippen molar-refractivity contribution < 1.29 is 4.74 Å². The molecular formula is C16H22N2O. The fourth-order valence-corrected chi connectivity index (χ4v) is 2.84. The first-order chi connectivity index (χ1) is 9.43. The standard InChI is InChI=1S/C16H22N2O/c1-2-10-18(11-3-1)12-5-13-19-16-7-4-6-15-14(16)8-9-17-15/h4,6-9,17H,1-3,5,10-13H2. The molecule has 3 nitrogen and oxygen atoms in total. The normalized spacial score (nSPS) is 16.8. The molecule has 1 aliphatic rings. The van der Waals surface area contributed by atoms with Crippen LogP contribution in [0.25, 0.3) is 10.9 Å². The van der Waals surface area contributed by atoms with Crippen molar-refractivity contribution >= 4 is 10.9 Å². The lowest BCUT2D eigenvalue weighted by Gasteiger charge is -2.26. The van der Waals surface area contributed by atoms with Crippen molar-refractivity contribution in [2.24, 2.45) is 0 Å². The van der Waals surface area contributed by atoms with Crippen LogP contribution < -0.4 is 4.74 Å². The van der Waals surface area contributed by atoms with Gasteiger partial charge >= 0.3 is 0 Å². The van der Waals surface area contributed by atoms with E-state index in [4.69, 9.17) is 4.74 Å². The highest BCUT2D eigenvalue weighted by Gasteiger charge is 2.09. The van der Waals surface area contributed by atoms with E-state index in [0.29, 0.717) is 0 Å². The van der Waals surface area contributed by atoms with Crippen LogP contribution in [-0.2, 0) is 0 Å². The lowest BCUT2D eigenvalue weighted by Crippen LogP contribution is -2.31. The summed E-state index contributed by atoms with van der Waals surface area (Å²) in [5, 5.41) is 1.18. The summed E-state index contributed by atoms with van der Waals surface area (Å²) in [7, 11) is 0. The zero-order chi connectivity index (χ0) is 12.9. The number of benzene rings is 1. The average Bonchev–Trinajstić information content (AvgIpc) is 2.94. The Kier molecular flexibility index (Phi) is 4.04. The SMILES string of the molecule is c1cc(OCCCN2CCCCC2)c2cc[nH]c2c1. The van der Waals surface area contributed by atoms with E-state index in [1.165, 1.54) is 44.3 Å². The maximum Gasteiger partial charge on any atom is 0.128 e. The number of hydrogen-bond acceptors (Lipinski definition) is 2. The van der Waals surface area contributed by atoms with E-state index in [1.807, 2.05) is 12.3 Å². The number of aromatic nitrogens is 1. The number of likely N-dealkylation sites (tertiary alicyclic amines) is 1. The number of rotatable bonds is 5. The van der Waals surface area contributed by atoms with Gasteiger partial charge in [0, 0.05) is 23.6 Å². The molecule has 2 heterocycles. The minimum atomic E-state index is 0.806. The van der Waals surface area contributed by atoms with Gasteiger partial charge in [-0.2, -0.15) is 0 Å². The summed E-state index contributed by atoms with van der Waals surface area (Å²) in [5.41, 5.74) is 1.15. The molecule has 102 valence electrons. The molecule has 0 saturated carbocycles. The Morgan fingerprint density at radius 2 is 2.00 bits per heavy atom. The summed E-state index contributed by atoms with van der Waals surface area (Å²) in [4.78, 5) is 5.77.